The summed E-state index contributed by atoms with van der Waals surface area (Å²) < 4.78 is 0. The van der Waals surface area contributed by atoms with E-state index >= 15 is 9.59 Å². The van der Waals surface area contributed by atoms with Gasteiger partial charge >= 0.3 is 0 Å². The average Bonchev–Trinajstić information content (AvgIpc) is 2.67. The fourth-order valence-electron chi connectivity index (χ4n) is 10.9. The molecule has 0 unspecified atom stereocenters. The predicted molar refractivity (Wildman–Crippen MR) is 333 cm³/mol. The Bertz CT molecular complexity index is 2290. The second kappa shape index (κ2) is 35.7. The smallest absolute Gasteiger partial charge is 0.246 e. The topological polar surface area (TPSA) is 262 Å². The number of hydrogen-bond donors (Lipinski definition) is 5. The van der Waals surface area contributed by atoms with Crippen molar-refractivity contribution in [3.05, 3.63) is 24.8 Å². The monoisotopic (exact) mass is 1200 g/mol. The fourth-order valence-corrected chi connectivity index (χ4v) is 10.9. The molecule has 486 valence electrons. The molecule has 22 nitrogen and oxygen atoms in total. The summed E-state index contributed by atoms with van der Waals surface area (Å²) in [6.45, 7) is 32.4. The Kier molecular flexibility index (Phi) is 32.4. The summed E-state index contributed by atoms with van der Waals surface area (Å²) in [6.07, 6.45) is 4.82. The summed E-state index contributed by atoms with van der Waals surface area (Å²) in [5, 5.41) is 23.6. The zero-order valence-electron chi connectivity index (χ0n) is 56.1. The maximum Gasteiger partial charge on any atom is 0.246 e. The van der Waals surface area contributed by atoms with Crippen molar-refractivity contribution in [1.29, 1.82) is 0 Å². The average molecular weight is 1200 g/mol. The van der Waals surface area contributed by atoms with Crippen LogP contribution in [0.15, 0.2) is 24.8 Å². The molecule has 0 aromatic rings. The number of likely N-dealkylation sites (N-methyl/N-ethyl adjacent to an activating group) is 7. The molecule has 85 heavy (non-hydrogen) atoms. The van der Waals surface area contributed by atoms with Crippen LogP contribution in [-0.4, -0.2) is 227 Å². The van der Waals surface area contributed by atoms with Crippen molar-refractivity contribution in [1.82, 2.24) is 55.6 Å². The lowest BCUT2D eigenvalue weighted by Crippen LogP contribution is -2.63. The normalized spacial score (nSPS) is 27.0. The van der Waals surface area contributed by atoms with Crippen LogP contribution < -0.4 is 21.3 Å². The van der Waals surface area contributed by atoms with Gasteiger partial charge in [-0.1, -0.05) is 122 Å². The molecule has 0 saturated carbocycles. The van der Waals surface area contributed by atoms with E-state index in [0.29, 0.717) is 6.42 Å². The third-order valence-electron chi connectivity index (χ3n) is 16.1. The van der Waals surface area contributed by atoms with Gasteiger partial charge in [0.1, 0.15) is 48.3 Å². The van der Waals surface area contributed by atoms with E-state index in [1.807, 2.05) is 60.3 Å². The SMILES string of the molecule is C=C/C=C/C[C@@H](C)[C@@H](O)[C@H]1C(=O)N[C@@H](CC)C(=O)N(C)CC(=O)N(C)[C@@H](CC(C)C)C(=O)N[C@@H](C(C)C)C(=O)N(C)[C@@H](CC(C)C)C(=O)N[C@@H](C)C(=O)N[C@H](C)CN(C)[C@@H](CC(C)C)C(=O)N(C)[C@@H](CC(C)C)C(=O)N(C)[C@@H](C(C)C)C(=O)N1C. The van der Waals surface area contributed by atoms with Crippen molar-refractivity contribution in [2.24, 2.45) is 41.4 Å². The second-order valence-corrected chi connectivity index (χ2v) is 26.4. The van der Waals surface area contributed by atoms with Crippen LogP contribution in [0.2, 0.25) is 0 Å². The number of aliphatic hydroxyl groups excluding tert-OH is 1. The van der Waals surface area contributed by atoms with Crippen LogP contribution in [0.5, 0.6) is 0 Å². The first-order valence-electron chi connectivity index (χ1n) is 30.7. The van der Waals surface area contributed by atoms with E-state index in [-0.39, 0.29) is 68.2 Å². The quantitative estimate of drug-likeness (QED) is 0.138. The Hall–Kier alpha value is -5.90. The van der Waals surface area contributed by atoms with Crippen LogP contribution >= 0.6 is 0 Å². The zero-order chi connectivity index (χ0) is 65.8. The highest BCUT2D eigenvalue weighted by atomic mass is 16.3. The Balaban J connectivity index is 4.28. The number of amides is 10. The van der Waals surface area contributed by atoms with Gasteiger partial charge in [-0.25, -0.2) is 0 Å². The van der Waals surface area contributed by atoms with Gasteiger partial charge in [0.25, 0.3) is 0 Å². The van der Waals surface area contributed by atoms with Crippen LogP contribution in [0.4, 0.5) is 0 Å². The summed E-state index contributed by atoms with van der Waals surface area (Å²) >= 11 is 0. The summed E-state index contributed by atoms with van der Waals surface area (Å²) in [5.74, 6) is -7.99. The summed E-state index contributed by atoms with van der Waals surface area (Å²) in [4.78, 5) is 155. The summed E-state index contributed by atoms with van der Waals surface area (Å²) in [7, 11) is 10.5. The van der Waals surface area contributed by atoms with E-state index in [1.54, 1.807) is 80.8 Å². The minimum absolute atomic E-state index is 0.0167. The van der Waals surface area contributed by atoms with E-state index in [4.69, 9.17) is 0 Å². The maximum atomic E-state index is 15.2. The largest absolute Gasteiger partial charge is 0.390 e. The molecule has 22 heteroatoms. The molecule has 0 spiro atoms. The minimum atomic E-state index is -1.60. The number of nitrogens with zero attached hydrogens (tertiary/aromatic N) is 7. The number of nitrogens with one attached hydrogen (secondary N) is 4. The lowest BCUT2D eigenvalue weighted by atomic mass is 9.91. The first-order valence-corrected chi connectivity index (χ1v) is 30.7. The third kappa shape index (κ3) is 22.7. The first kappa shape index (κ1) is 77.1. The van der Waals surface area contributed by atoms with Crippen molar-refractivity contribution >= 4 is 59.1 Å². The van der Waals surface area contributed by atoms with Crippen molar-refractivity contribution in [2.45, 2.75) is 216 Å². The molecular formula is C63H113N11O11. The van der Waals surface area contributed by atoms with E-state index in [9.17, 15) is 43.5 Å². The molecule has 12 atom stereocenters. The summed E-state index contributed by atoms with van der Waals surface area (Å²) in [6, 6.07) is -10.8. The molecule has 1 saturated heterocycles. The Morgan fingerprint density at radius 2 is 0.976 bits per heavy atom. The molecule has 1 rings (SSSR count). The van der Waals surface area contributed by atoms with Gasteiger partial charge in [0.15, 0.2) is 0 Å². The molecule has 0 bridgehead atoms. The highest BCUT2D eigenvalue weighted by Gasteiger charge is 2.45. The number of allylic oxidation sites excluding steroid dienone is 3. The van der Waals surface area contributed by atoms with Gasteiger partial charge in [-0.15, -0.1) is 0 Å². The number of aliphatic hydroxyl groups is 1. The van der Waals surface area contributed by atoms with Crippen LogP contribution in [0.1, 0.15) is 149 Å². The molecule has 1 aliphatic heterocycles. The van der Waals surface area contributed by atoms with Gasteiger partial charge in [0, 0.05) is 54.9 Å². The van der Waals surface area contributed by atoms with Gasteiger partial charge in [-0.2, -0.15) is 0 Å². The van der Waals surface area contributed by atoms with Crippen molar-refractivity contribution < 1.29 is 53.1 Å². The molecule has 1 heterocycles. The van der Waals surface area contributed by atoms with E-state index in [2.05, 4.69) is 27.8 Å². The zero-order valence-corrected chi connectivity index (χ0v) is 56.1. The first-order chi connectivity index (χ1) is 39.3. The lowest BCUT2D eigenvalue weighted by molar-refractivity contribution is -0.157. The molecule has 0 aromatic carbocycles. The van der Waals surface area contributed by atoms with Crippen LogP contribution in [0.3, 0.4) is 0 Å². The Morgan fingerprint density at radius 3 is 1.46 bits per heavy atom. The van der Waals surface area contributed by atoms with Crippen LogP contribution in [0, 0.1) is 41.4 Å². The number of carbonyl (C=O) groups is 10. The minimum Gasteiger partial charge on any atom is -0.390 e. The highest BCUT2D eigenvalue weighted by molar-refractivity contribution is 5.98. The Labute approximate surface area is 510 Å². The van der Waals surface area contributed by atoms with E-state index in [0.717, 1.165) is 9.80 Å². The lowest BCUT2D eigenvalue weighted by Gasteiger charge is -2.41. The van der Waals surface area contributed by atoms with Gasteiger partial charge < -0.3 is 55.8 Å². The standard InChI is InChI=1S/C63H113N11O11/c1-25-27-28-29-42(15)54(76)53-58(80)66-45(26-2)59(81)69(19)35-50(75)70(20)46(30-36(3)4)57(79)67-51(40(11)12)62(84)71(21)47(31-37(5)6)56(78)65-44(17)55(77)64-43(16)34-68(18)48(32-38(7)8)60(82)72(22)49(33-39(9)10)61(83)73(23)52(41(13)14)63(85)74(53)24/h25,27-28,36-49,51-54,76H,1,26,29-35H2,2-24H3,(H,64,77)(H,65,78)(H,66,80)(H,67,79)/b28-27+/t42-,43-,44+,45+,46+,47+,48+,49+,51+,52+,53+,54-/m1/s1. The molecule has 0 aromatic heterocycles. The number of carbonyl (C=O) groups excluding carboxylic acids is 10. The van der Waals surface area contributed by atoms with Crippen LogP contribution in [-0.2, 0) is 47.9 Å². The fraction of sp³-hybridized carbons (Fsp3) is 0.778. The molecule has 1 fully saturated rings. The Morgan fingerprint density at radius 1 is 0.518 bits per heavy atom. The molecular weight excluding hydrogens is 1090 g/mol. The second-order valence-electron chi connectivity index (χ2n) is 26.4. The molecule has 5 N–H and O–H groups in total. The molecule has 0 radical (unpaired) electrons. The van der Waals surface area contributed by atoms with Gasteiger partial charge in [0.05, 0.1) is 18.7 Å². The number of rotatable bonds is 16. The van der Waals surface area contributed by atoms with Crippen molar-refractivity contribution in [3.8, 4) is 0 Å². The van der Waals surface area contributed by atoms with Gasteiger partial charge in [-0.3, -0.25) is 52.8 Å². The van der Waals surface area contributed by atoms with Crippen LogP contribution in [0.25, 0.3) is 0 Å². The maximum absolute atomic E-state index is 15.2. The third-order valence-corrected chi connectivity index (χ3v) is 16.1. The van der Waals surface area contributed by atoms with Gasteiger partial charge in [-0.05, 0) is 101 Å². The van der Waals surface area contributed by atoms with E-state index < -0.39 is 144 Å². The predicted octanol–water partition coefficient (Wildman–Crippen LogP) is 3.91. The molecule has 0 aliphatic carbocycles. The molecule has 1 aliphatic rings. The van der Waals surface area contributed by atoms with E-state index in [1.165, 1.54) is 61.8 Å². The van der Waals surface area contributed by atoms with Crippen molar-refractivity contribution in [2.75, 3.05) is 62.4 Å². The summed E-state index contributed by atoms with van der Waals surface area (Å²) in [5.41, 5.74) is 0. The highest BCUT2D eigenvalue weighted by Crippen LogP contribution is 2.25. The molecule has 10 amide bonds. The number of hydrogen-bond acceptors (Lipinski definition) is 12. The van der Waals surface area contributed by atoms with Crippen molar-refractivity contribution in [3.63, 3.8) is 0 Å². The van der Waals surface area contributed by atoms with Gasteiger partial charge in [0.2, 0.25) is 59.1 Å².